The molecule has 0 radical (unpaired) electrons. The molecule has 1 N–H and O–H groups in total. The molecule has 1 aliphatic heterocycles. The largest absolute Gasteiger partial charge is 0.379 e. The van der Waals surface area contributed by atoms with Crippen molar-refractivity contribution in [1.29, 1.82) is 0 Å². The molecule has 2 rings (SSSR count). The number of carbonyl (C=O) groups is 1. The first-order chi connectivity index (χ1) is 8.24. The van der Waals surface area contributed by atoms with Gasteiger partial charge in [-0.25, -0.2) is 0 Å². The van der Waals surface area contributed by atoms with Crippen LogP contribution in [0, 0.1) is 5.92 Å². The Morgan fingerprint density at radius 2 is 2.41 bits per heavy atom. The lowest BCUT2D eigenvalue weighted by molar-refractivity contribution is 0.0891. The van der Waals surface area contributed by atoms with Gasteiger partial charge in [0, 0.05) is 26.8 Å². The molecular formula is C12H16BrNO2S. The molecule has 17 heavy (non-hydrogen) atoms. The van der Waals surface area contributed by atoms with E-state index in [1.165, 1.54) is 0 Å². The Hall–Kier alpha value is -0.230. The first-order valence-electron chi connectivity index (χ1n) is 5.81. The standard InChI is InChI=1S/C12H16BrNO2S/c1-2-3-14-11-5-16-4-8(11)12(15)9-6-17-7-10(9)13/h6-8,11,14H,2-5H2,1H3. The van der Waals surface area contributed by atoms with Gasteiger partial charge in [0.15, 0.2) is 5.78 Å². The number of nitrogens with one attached hydrogen (secondary N) is 1. The van der Waals surface area contributed by atoms with Gasteiger partial charge in [-0.2, -0.15) is 11.3 Å². The van der Waals surface area contributed by atoms with Gasteiger partial charge in [-0.1, -0.05) is 6.92 Å². The van der Waals surface area contributed by atoms with Crippen LogP contribution in [-0.2, 0) is 4.74 Å². The van der Waals surface area contributed by atoms with Gasteiger partial charge in [0.2, 0.25) is 0 Å². The Bertz CT molecular complexity index is 394. The van der Waals surface area contributed by atoms with E-state index in [4.69, 9.17) is 4.74 Å². The van der Waals surface area contributed by atoms with Gasteiger partial charge in [0.25, 0.3) is 0 Å². The molecule has 0 aliphatic carbocycles. The Kier molecular flexibility index (Phi) is 4.73. The molecule has 0 saturated carbocycles. The number of thiophene rings is 1. The Labute approximate surface area is 114 Å². The number of rotatable bonds is 5. The van der Waals surface area contributed by atoms with Crippen LogP contribution in [0.1, 0.15) is 23.7 Å². The lowest BCUT2D eigenvalue weighted by Gasteiger charge is -2.17. The normalized spacial score (nSPS) is 24.1. The molecule has 0 aromatic carbocycles. The van der Waals surface area contributed by atoms with Crippen molar-refractivity contribution in [2.75, 3.05) is 19.8 Å². The molecule has 2 heterocycles. The van der Waals surface area contributed by atoms with Crippen LogP contribution in [-0.4, -0.2) is 31.6 Å². The third-order valence-electron chi connectivity index (χ3n) is 2.95. The summed E-state index contributed by atoms with van der Waals surface area (Å²) in [6.45, 7) is 4.22. The second kappa shape index (κ2) is 6.09. The number of ketones is 1. The average Bonchev–Trinajstić information content (AvgIpc) is 2.94. The maximum absolute atomic E-state index is 12.4. The van der Waals surface area contributed by atoms with Crippen molar-refractivity contribution in [2.45, 2.75) is 19.4 Å². The molecular weight excluding hydrogens is 302 g/mol. The first kappa shape index (κ1) is 13.2. The molecule has 5 heteroatoms. The van der Waals surface area contributed by atoms with Gasteiger partial charge >= 0.3 is 0 Å². The summed E-state index contributed by atoms with van der Waals surface area (Å²) < 4.78 is 6.33. The minimum atomic E-state index is -0.0487. The smallest absolute Gasteiger partial charge is 0.171 e. The predicted octanol–water partition coefficient (Wildman–Crippen LogP) is 2.71. The first-order valence-corrected chi connectivity index (χ1v) is 7.54. The third kappa shape index (κ3) is 2.96. The summed E-state index contributed by atoms with van der Waals surface area (Å²) in [6, 6.07) is 0.161. The van der Waals surface area contributed by atoms with Gasteiger partial charge in [-0.3, -0.25) is 4.79 Å². The van der Waals surface area contributed by atoms with E-state index in [1.807, 2.05) is 10.8 Å². The predicted molar refractivity (Wildman–Crippen MR) is 72.7 cm³/mol. The third-order valence-corrected chi connectivity index (χ3v) is 4.66. The maximum atomic E-state index is 12.4. The highest BCUT2D eigenvalue weighted by Gasteiger charge is 2.34. The number of hydrogen-bond acceptors (Lipinski definition) is 4. The van der Waals surface area contributed by atoms with Gasteiger partial charge in [0.05, 0.1) is 19.1 Å². The highest BCUT2D eigenvalue weighted by Crippen LogP contribution is 2.27. The maximum Gasteiger partial charge on any atom is 0.171 e. The van der Waals surface area contributed by atoms with Gasteiger partial charge in [-0.05, 0) is 28.9 Å². The molecule has 1 aromatic rings. The summed E-state index contributed by atoms with van der Waals surface area (Å²) in [5.41, 5.74) is 0.786. The lowest BCUT2D eigenvalue weighted by Crippen LogP contribution is -2.39. The summed E-state index contributed by atoms with van der Waals surface area (Å²) in [7, 11) is 0. The molecule has 2 unspecified atom stereocenters. The van der Waals surface area contributed by atoms with Crippen LogP contribution in [0.25, 0.3) is 0 Å². The molecule has 0 bridgehead atoms. The zero-order valence-electron chi connectivity index (χ0n) is 9.74. The molecule has 2 atom stereocenters. The van der Waals surface area contributed by atoms with Crippen molar-refractivity contribution >= 4 is 33.0 Å². The number of ether oxygens (including phenoxy) is 1. The Morgan fingerprint density at radius 1 is 1.59 bits per heavy atom. The quantitative estimate of drug-likeness (QED) is 0.849. The van der Waals surface area contributed by atoms with E-state index in [-0.39, 0.29) is 17.7 Å². The van der Waals surface area contributed by atoms with Crippen molar-refractivity contribution < 1.29 is 9.53 Å². The van der Waals surface area contributed by atoms with Gasteiger partial charge < -0.3 is 10.1 Å². The fourth-order valence-electron chi connectivity index (χ4n) is 2.00. The monoisotopic (exact) mass is 317 g/mol. The fraction of sp³-hybridized carbons (Fsp3) is 0.583. The van der Waals surface area contributed by atoms with Gasteiger partial charge in [-0.15, -0.1) is 0 Å². The molecule has 94 valence electrons. The van der Waals surface area contributed by atoms with Crippen LogP contribution in [0.3, 0.4) is 0 Å². The van der Waals surface area contributed by atoms with Gasteiger partial charge in [0.1, 0.15) is 0 Å². The van der Waals surface area contributed by atoms with E-state index in [9.17, 15) is 4.79 Å². The second-order valence-electron chi connectivity index (χ2n) is 4.20. The zero-order chi connectivity index (χ0) is 12.3. The zero-order valence-corrected chi connectivity index (χ0v) is 12.1. The van der Waals surface area contributed by atoms with E-state index in [0.717, 1.165) is 23.0 Å². The molecule has 0 amide bonds. The summed E-state index contributed by atoms with van der Waals surface area (Å²) in [6.07, 6.45) is 1.07. The Balaban J connectivity index is 2.06. The van der Waals surface area contributed by atoms with Crippen molar-refractivity contribution in [1.82, 2.24) is 5.32 Å². The van der Waals surface area contributed by atoms with Crippen molar-refractivity contribution in [3.8, 4) is 0 Å². The Morgan fingerprint density at radius 3 is 3.06 bits per heavy atom. The van der Waals surface area contributed by atoms with E-state index in [0.29, 0.717) is 13.2 Å². The lowest BCUT2D eigenvalue weighted by atomic mass is 9.95. The topological polar surface area (TPSA) is 38.3 Å². The molecule has 1 saturated heterocycles. The van der Waals surface area contributed by atoms with Crippen LogP contribution in [0.15, 0.2) is 15.2 Å². The van der Waals surface area contributed by atoms with E-state index in [1.54, 1.807) is 11.3 Å². The highest BCUT2D eigenvalue weighted by atomic mass is 79.9. The average molecular weight is 318 g/mol. The van der Waals surface area contributed by atoms with Crippen LogP contribution >= 0.6 is 27.3 Å². The number of Topliss-reactive ketones (excluding diaryl/α,β-unsaturated/α-hetero) is 1. The molecule has 3 nitrogen and oxygen atoms in total. The van der Waals surface area contributed by atoms with E-state index in [2.05, 4.69) is 28.2 Å². The number of halogens is 1. The van der Waals surface area contributed by atoms with Crippen LogP contribution in [0.4, 0.5) is 0 Å². The van der Waals surface area contributed by atoms with Crippen LogP contribution in [0.5, 0.6) is 0 Å². The summed E-state index contributed by atoms with van der Waals surface area (Å²) in [4.78, 5) is 12.4. The van der Waals surface area contributed by atoms with Crippen LogP contribution in [0.2, 0.25) is 0 Å². The van der Waals surface area contributed by atoms with E-state index < -0.39 is 0 Å². The molecule has 1 aromatic heterocycles. The van der Waals surface area contributed by atoms with Crippen molar-refractivity contribution in [3.05, 3.63) is 20.8 Å². The SMILES string of the molecule is CCCNC1COCC1C(=O)c1cscc1Br. The summed E-state index contributed by atoms with van der Waals surface area (Å²) in [5.74, 6) is 0.136. The minimum absolute atomic E-state index is 0.0487. The molecule has 1 fully saturated rings. The van der Waals surface area contributed by atoms with Crippen molar-refractivity contribution in [3.63, 3.8) is 0 Å². The minimum Gasteiger partial charge on any atom is -0.379 e. The number of hydrogen-bond donors (Lipinski definition) is 1. The summed E-state index contributed by atoms with van der Waals surface area (Å²) in [5, 5.41) is 7.23. The summed E-state index contributed by atoms with van der Waals surface area (Å²) >= 11 is 4.96. The molecule has 1 aliphatic rings. The highest BCUT2D eigenvalue weighted by molar-refractivity contribution is 9.10. The number of carbonyl (C=O) groups excluding carboxylic acids is 1. The van der Waals surface area contributed by atoms with Crippen molar-refractivity contribution in [2.24, 2.45) is 5.92 Å². The van der Waals surface area contributed by atoms with E-state index >= 15 is 0 Å². The van der Waals surface area contributed by atoms with Crippen LogP contribution < -0.4 is 5.32 Å². The molecule has 0 spiro atoms. The fourth-order valence-corrected chi connectivity index (χ4v) is 3.48. The second-order valence-corrected chi connectivity index (χ2v) is 5.80.